The molecule has 2 nitrogen and oxygen atoms in total. The Balaban J connectivity index is 3.09. The number of aliphatic hydroxyl groups excluding tert-OH is 1. The Morgan fingerprint density at radius 2 is 1.89 bits per heavy atom. The molecule has 0 rings (SSSR count). The van der Waals surface area contributed by atoms with E-state index in [9.17, 15) is 0 Å². The van der Waals surface area contributed by atoms with E-state index in [0.29, 0.717) is 0 Å². The average Bonchev–Trinajstić information content (AvgIpc) is 1.91. The fraction of sp³-hybridized carbons (Fsp3) is 0.857. The molecule has 0 fully saturated rings. The van der Waals surface area contributed by atoms with Crippen molar-refractivity contribution in [2.45, 2.75) is 13.8 Å². The lowest BCUT2D eigenvalue weighted by molar-refractivity contribution is 0.281. The minimum absolute atomic E-state index is 0.191. The Morgan fingerprint density at radius 1 is 1.33 bits per heavy atom. The molecule has 0 bridgehead atoms. The van der Waals surface area contributed by atoms with Crippen molar-refractivity contribution in [1.29, 1.82) is 0 Å². The molecule has 0 aliphatic heterocycles. The lowest BCUT2D eigenvalue weighted by Gasteiger charge is -2.16. The Bertz CT molecular complexity index is 52.9. The highest BCUT2D eigenvalue weighted by atomic mass is 16.3. The van der Waals surface area contributed by atoms with Crippen molar-refractivity contribution in [1.82, 2.24) is 4.90 Å². The SMILES string of the molecule is CCN(CC)C[CH]CO. The molecule has 0 amide bonds. The van der Waals surface area contributed by atoms with Gasteiger partial charge in [-0.15, -0.1) is 0 Å². The van der Waals surface area contributed by atoms with Gasteiger partial charge in [0.1, 0.15) is 0 Å². The van der Waals surface area contributed by atoms with E-state index in [-0.39, 0.29) is 6.61 Å². The van der Waals surface area contributed by atoms with Crippen molar-refractivity contribution in [3.8, 4) is 0 Å². The Hall–Kier alpha value is -0.0800. The zero-order valence-electron chi connectivity index (χ0n) is 6.30. The largest absolute Gasteiger partial charge is 0.396 e. The third kappa shape index (κ3) is 4.43. The average molecular weight is 130 g/mol. The first-order valence-electron chi connectivity index (χ1n) is 3.50. The standard InChI is InChI=1S/C7H16NO/c1-3-8(4-2)6-5-7-9/h5,9H,3-4,6-7H2,1-2H3. The van der Waals surface area contributed by atoms with Crippen LogP contribution in [0.3, 0.4) is 0 Å². The van der Waals surface area contributed by atoms with E-state index in [1.807, 2.05) is 6.42 Å². The van der Waals surface area contributed by atoms with Crippen LogP contribution in [0.25, 0.3) is 0 Å². The number of aliphatic hydroxyl groups is 1. The van der Waals surface area contributed by atoms with Crippen LogP contribution < -0.4 is 0 Å². The summed E-state index contributed by atoms with van der Waals surface area (Å²) in [5, 5.41) is 8.42. The summed E-state index contributed by atoms with van der Waals surface area (Å²) in [5.41, 5.74) is 0. The molecule has 0 unspecified atom stereocenters. The monoisotopic (exact) mass is 130 g/mol. The molecule has 0 atom stereocenters. The van der Waals surface area contributed by atoms with Crippen molar-refractivity contribution in [3.63, 3.8) is 0 Å². The fourth-order valence-electron chi connectivity index (χ4n) is 0.722. The van der Waals surface area contributed by atoms with Crippen molar-refractivity contribution in [2.24, 2.45) is 0 Å². The summed E-state index contributed by atoms with van der Waals surface area (Å²) in [6.07, 6.45) is 1.87. The fourth-order valence-corrected chi connectivity index (χ4v) is 0.722. The smallest absolute Gasteiger partial charge is 0.0475 e. The molecular formula is C7H16NO. The predicted molar refractivity (Wildman–Crippen MR) is 39.2 cm³/mol. The van der Waals surface area contributed by atoms with E-state index in [1.54, 1.807) is 0 Å². The van der Waals surface area contributed by atoms with Gasteiger partial charge >= 0.3 is 0 Å². The molecule has 1 N–H and O–H groups in total. The van der Waals surface area contributed by atoms with Crippen molar-refractivity contribution < 1.29 is 5.11 Å². The maximum Gasteiger partial charge on any atom is 0.0475 e. The van der Waals surface area contributed by atoms with Crippen molar-refractivity contribution >= 4 is 0 Å². The van der Waals surface area contributed by atoms with Crippen LogP contribution in [0.4, 0.5) is 0 Å². The van der Waals surface area contributed by atoms with E-state index >= 15 is 0 Å². The molecule has 0 heterocycles. The van der Waals surface area contributed by atoms with Gasteiger partial charge in [-0.05, 0) is 13.1 Å². The lowest BCUT2D eigenvalue weighted by atomic mass is 10.4. The van der Waals surface area contributed by atoms with Gasteiger partial charge in [0, 0.05) is 19.6 Å². The highest BCUT2D eigenvalue weighted by molar-refractivity contribution is 4.67. The summed E-state index contributed by atoms with van der Waals surface area (Å²) in [6, 6.07) is 0. The van der Waals surface area contributed by atoms with Gasteiger partial charge in [-0.25, -0.2) is 0 Å². The van der Waals surface area contributed by atoms with Crippen LogP contribution in [-0.4, -0.2) is 36.2 Å². The number of hydrogen-bond donors (Lipinski definition) is 1. The third-order valence-electron chi connectivity index (χ3n) is 1.41. The van der Waals surface area contributed by atoms with E-state index < -0.39 is 0 Å². The molecule has 0 aliphatic rings. The van der Waals surface area contributed by atoms with E-state index in [1.165, 1.54) is 0 Å². The predicted octanol–water partition coefficient (Wildman–Crippen LogP) is 0.525. The van der Waals surface area contributed by atoms with E-state index in [2.05, 4.69) is 18.7 Å². The molecule has 55 valence electrons. The minimum Gasteiger partial charge on any atom is -0.396 e. The maximum atomic E-state index is 8.42. The molecule has 0 saturated carbocycles. The number of hydrogen-bond acceptors (Lipinski definition) is 2. The van der Waals surface area contributed by atoms with Crippen LogP contribution in [0.15, 0.2) is 0 Å². The van der Waals surface area contributed by atoms with Crippen LogP contribution in [-0.2, 0) is 0 Å². The van der Waals surface area contributed by atoms with Gasteiger partial charge in [-0.1, -0.05) is 13.8 Å². The first-order chi connectivity index (χ1) is 4.35. The molecule has 0 aromatic carbocycles. The number of rotatable bonds is 5. The van der Waals surface area contributed by atoms with Gasteiger partial charge in [0.25, 0.3) is 0 Å². The summed E-state index contributed by atoms with van der Waals surface area (Å²) in [4.78, 5) is 2.25. The lowest BCUT2D eigenvalue weighted by Crippen LogP contribution is -2.24. The van der Waals surface area contributed by atoms with Crippen LogP contribution in [0.1, 0.15) is 13.8 Å². The van der Waals surface area contributed by atoms with Gasteiger partial charge in [0.15, 0.2) is 0 Å². The molecule has 0 saturated heterocycles. The van der Waals surface area contributed by atoms with Crippen molar-refractivity contribution in [2.75, 3.05) is 26.2 Å². The second-order valence-electron chi connectivity index (χ2n) is 1.96. The highest BCUT2D eigenvalue weighted by Crippen LogP contribution is 1.87. The highest BCUT2D eigenvalue weighted by Gasteiger charge is 1.95. The molecule has 0 aromatic heterocycles. The van der Waals surface area contributed by atoms with Gasteiger partial charge in [-0.2, -0.15) is 0 Å². The summed E-state index contributed by atoms with van der Waals surface area (Å²) in [6.45, 7) is 7.46. The number of nitrogens with zero attached hydrogens (tertiary/aromatic N) is 1. The molecular weight excluding hydrogens is 114 g/mol. The summed E-state index contributed by atoms with van der Waals surface area (Å²) >= 11 is 0. The third-order valence-corrected chi connectivity index (χ3v) is 1.41. The molecule has 2 heteroatoms. The van der Waals surface area contributed by atoms with Gasteiger partial charge < -0.3 is 10.0 Å². The van der Waals surface area contributed by atoms with Crippen LogP contribution >= 0.6 is 0 Å². The Kier molecular flexibility index (Phi) is 5.99. The molecule has 9 heavy (non-hydrogen) atoms. The summed E-state index contributed by atoms with van der Waals surface area (Å²) in [7, 11) is 0. The second kappa shape index (κ2) is 6.05. The van der Waals surface area contributed by atoms with E-state index in [0.717, 1.165) is 19.6 Å². The minimum atomic E-state index is 0.191. The quantitative estimate of drug-likeness (QED) is 0.586. The van der Waals surface area contributed by atoms with Gasteiger partial charge in [0.2, 0.25) is 0 Å². The zero-order valence-corrected chi connectivity index (χ0v) is 6.30. The first-order valence-corrected chi connectivity index (χ1v) is 3.50. The normalized spacial score (nSPS) is 10.7. The molecule has 0 spiro atoms. The zero-order chi connectivity index (χ0) is 7.11. The summed E-state index contributed by atoms with van der Waals surface area (Å²) < 4.78 is 0. The molecule has 1 radical (unpaired) electrons. The second-order valence-corrected chi connectivity index (χ2v) is 1.96. The van der Waals surface area contributed by atoms with Crippen molar-refractivity contribution in [3.05, 3.63) is 6.42 Å². The van der Waals surface area contributed by atoms with Crippen LogP contribution in [0.5, 0.6) is 0 Å². The molecule has 0 aromatic rings. The van der Waals surface area contributed by atoms with Gasteiger partial charge in [0.05, 0.1) is 0 Å². The maximum absolute atomic E-state index is 8.42. The Labute approximate surface area is 57.5 Å². The van der Waals surface area contributed by atoms with Crippen LogP contribution in [0.2, 0.25) is 0 Å². The van der Waals surface area contributed by atoms with Crippen LogP contribution in [0, 0.1) is 6.42 Å². The topological polar surface area (TPSA) is 23.5 Å². The molecule has 0 aliphatic carbocycles. The summed E-state index contributed by atoms with van der Waals surface area (Å²) in [5.74, 6) is 0. The first kappa shape index (κ1) is 8.92. The Morgan fingerprint density at radius 3 is 2.22 bits per heavy atom. The van der Waals surface area contributed by atoms with E-state index in [4.69, 9.17) is 5.11 Å². The van der Waals surface area contributed by atoms with Gasteiger partial charge in [-0.3, -0.25) is 0 Å².